The molecule has 0 bridgehead atoms. The summed E-state index contributed by atoms with van der Waals surface area (Å²) in [6.45, 7) is 8.88. The summed E-state index contributed by atoms with van der Waals surface area (Å²) < 4.78 is 27.1. The third kappa shape index (κ3) is 4.80. The highest BCUT2D eigenvalue weighted by Gasteiger charge is 2.27. The molecule has 0 radical (unpaired) electrons. The molecule has 0 N–H and O–H groups in total. The number of anilines is 1. The minimum absolute atomic E-state index is 0.0914. The SMILES string of the molecule is CCN(CC)S(=O)(=O)c1ccc(Cl)c(C(=O)N2CCCN(c3nc(C)cs3)CC2)c1. The van der Waals surface area contributed by atoms with Gasteiger partial charge in [-0.15, -0.1) is 11.3 Å². The van der Waals surface area contributed by atoms with Crippen LogP contribution in [0.3, 0.4) is 0 Å². The van der Waals surface area contributed by atoms with Crippen LogP contribution in [-0.2, 0) is 10.0 Å². The molecular weight excluding hydrogens is 444 g/mol. The van der Waals surface area contributed by atoms with Crippen molar-refractivity contribution in [1.29, 1.82) is 0 Å². The zero-order chi connectivity index (χ0) is 21.9. The number of carbonyl (C=O) groups is 1. The van der Waals surface area contributed by atoms with Crippen LogP contribution in [0.5, 0.6) is 0 Å². The summed E-state index contributed by atoms with van der Waals surface area (Å²) >= 11 is 7.91. The van der Waals surface area contributed by atoms with Gasteiger partial charge in [0.1, 0.15) is 0 Å². The quantitative estimate of drug-likeness (QED) is 0.646. The second-order valence-electron chi connectivity index (χ2n) is 7.14. The molecule has 0 unspecified atom stereocenters. The molecule has 3 rings (SSSR count). The Hall–Kier alpha value is -1.68. The van der Waals surface area contributed by atoms with Crippen molar-refractivity contribution in [2.24, 2.45) is 0 Å². The van der Waals surface area contributed by atoms with Crippen LogP contribution < -0.4 is 4.90 Å². The van der Waals surface area contributed by atoms with E-state index in [0.717, 1.165) is 23.8 Å². The lowest BCUT2D eigenvalue weighted by atomic mass is 10.2. The van der Waals surface area contributed by atoms with Gasteiger partial charge in [-0.05, 0) is 31.5 Å². The molecular formula is C20H27ClN4O3S2. The van der Waals surface area contributed by atoms with Crippen LogP contribution in [0.25, 0.3) is 0 Å². The first-order chi connectivity index (χ1) is 14.3. The molecule has 1 amide bonds. The molecule has 0 aliphatic carbocycles. The van der Waals surface area contributed by atoms with E-state index in [1.54, 1.807) is 30.1 Å². The van der Waals surface area contributed by atoms with Gasteiger partial charge in [0.25, 0.3) is 5.91 Å². The first-order valence-electron chi connectivity index (χ1n) is 10.0. The Labute approximate surface area is 187 Å². The maximum atomic E-state index is 13.2. The van der Waals surface area contributed by atoms with Gasteiger partial charge < -0.3 is 9.80 Å². The number of thiazole rings is 1. The van der Waals surface area contributed by atoms with E-state index >= 15 is 0 Å². The number of carbonyl (C=O) groups excluding carboxylic acids is 1. The number of halogens is 1. The number of aromatic nitrogens is 1. The van der Waals surface area contributed by atoms with Crippen molar-refractivity contribution in [3.63, 3.8) is 0 Å². The van der Waals surface area contributed by atoms with Crippen molar-refractivity contribution in [2.45, 2.75) is 32.1 Å². The molecule has 2 heterocycles. The van der Waals surface area contributed by atoms with Gasteiger partial charge in [0.2, 0.25) is 10.0 Å². The number of benzene rings is 1. The lowest BCUT2D eigenvalue weighted by molar-refractivity contribution is 0.0767. The summed E-state index contributed by atoms with van der Waals surface area (Å²) in [5, 5.41) is 3.24. The zero-order valence-electron chi connectivity index (χ0n) is 17.5. The highest BCUT2D eigenvalue weighted by molar-refractivity contribution is 7.89. The summed E-state index contributed by atoms with van der Waals surface area (Å²) in [5.41, 5.74) is 1.22. The monoisotopic (exact) mass is 470 g/mol. The number of hydrogen-bond donors (Lipinski definition) is 0. The fraction of sp³-hybridized carbons (Fsp3) is 0.500. The average Bonchev–Trinajstić information content (AvgIpc) is 3.00. The van der Waals surface area contributed by atoms with Gasteiger partial charge in [0.05, 0.1) is 21.2 Å². The molecule has 1 aromatic heterocycles. The van der Waals surface area contributed by atoms with E-state index in [-0.39, 0.29) is 21.4 Å². The van der Waals surface area contributed by atoms with Crippen molar-refractivity contribution in [3.8, 4) is 0 Å². The Morgan fingerprint density at radius 2 is 1.93 bits per heavy atom. The minimum atomic E-state index is -3.67. The van der Waals surface area contributed by atoms with Crippen molar-refractivity contribution in [2.75, 3.05) is 44.2 Å². The molecule has 0 saturated carbocycles. The maximum absolute atomic E-state index is 13.2. The van der Waals surface area contributed by atoms with Gasteiger partial charge in [-0.25, -0.2) is 13.4 Å². The number of rotatable bonds is 6. The second kappa shape index (κ2) is 9.64. The summed E-state index contributed by atoms with van der Waals surface area (Å²) in [5.74, 6) is -0.242. The number of amides is 1. The molecule has 164 valence electrons. The van der Waals surface area contributed by atoms with Crippen LogP contribution in [0.4, 0.5) is 5.13 Å². The van der Waals surface area contributed by atoms with Gasteiger partial charge in [-0.3, -0.25) is 4.79 Å². The highest BCUT2D eigenvalue weighted by atomic mass is 35.5. The number of sulfonamides is 1. The molecule has 0 atom stereocenters. The van der Waals surface area contributed by atoms with E-state index in [9.17, 15) is 13.2 Å². The largest absolute Gasteiger partial charge is 0.346 e. The number of hydrogen-bond acceptors (Lipinski definition) is 6. The Morgan fingerprint density at radius 3 is 2.57 bits per heavy atom. The molecule has 10 heteroatoms. The zero-order valence-corrected chi connectivity index (χ0v) is 19.9. The van der Waals surface area contributed by atoms with Crippen LogP contribution in [0.15, 0.2) is 28.5 Å². The Balaban J connectivity index is 1.81. The third-order valence-corrected chi connectivity index (χ3v) is 8.57. The summed E-state index contributed by atoms with van der Waals surface area (Å²) in [6.07, 6.45) is 0.805. The van der Waals surface area contributed by atoms with Crippen molar-refractivity contribution < 1.29 is 13.2 Å². The predicted molar refractivity (Wildman–Crippen MR) is 121 cm³/mol. The fourth-order valence-electron chi connectivity index (χ4n) is 3.51. The lowest BCUT2D eigenvalue weighted by Crippen LogP contribution is -2.35. The van der Waals surface area contributed by atoms with Crippen LogP contribution in [0.2, 0.25) is 5.02 Å². The van der Waals surface area contributed by atoms with Gasteiger partial charge in [0, 0.05) is 44.6 Å². The van der Waals surface area contributed by atoms with E-state index in [1.807, 2.05) is 12.3 Å². The van der Waals surface area contributed by atoms with Crippen LogP contribution in [0.1, 0.15) is 36.3 Å². The molecule has 1 saturated heterocycles. The van der Waals surface area contributed by atoms with Crippen LogP contribution in [-0.4, -0.2) is 67.8 Å². The Kier molecular flexibility index (Phi) is 7.38. The molecule has 1 aliphatic rings. The van der Waals surface area contributed by atoms with E-state index in [2.05, 4.69) is 9.88 Å². The maximum Gasteiger partial charge on any atom is 0.255 e. The Bertz CT molecular complexity index is 1010. The van der Waals surface area contributed by atoms with E-state index in [4.69, 9.17) is 11.6 Å². The fourth-order valence-corrected chi connectivity index (χ4v) is 6.05. The molecule has 2 aromatic rings. The number of aryl methyl sites for hydroxylation is 1. The average molecular weight is 471 g/mol. The van der Waals surface area contributed by atoms with E-state index in [1.165, 1.54) is 22.5 Å². The molecule has 1 fully saturated rings. The molecule has 30 heavy (non-hydrogen) atoms. The van der Waals surface area contributed by atoms with Gasteiger partial charge in [0.15, 0.2) is 5.13 Å². The summed E-state index contributed by atoms with van der Waals surface area (Å²) in [4.78, 5) is 21.8. The highest BCUT2D eigenvalue weighted by Crippen LogP contribution is 2.26. The van der Waals surface area contributed by atoms with E-state index < -0.39 is 10.0 Å². The van der Waals surface area contributed by atoms with Gasteiger partial charge in [-0.1, -0.05) is 25.4 Å². The first kappa shape index (κ1) is 23.0. The topological polar surface area (TPSA) is 73.8 Å². The molecule has 1 aliphatic heterocycles. The molecule has 7 nitrogen and oxygen atoms in total. The predicted octanol–water partition coefficient (Wildman–Crippen LogP) is 3.49. The summed E-state index contributed by atoms with van der Waals surface area (Å²) in [6, 6.07) is 4.36. The van der Waals surface area contributed by atoms with Gasteiger partial charge >= 0.3 is 0 Å². The standard InChI is InChI=1S/C20H27ClN4O3S2/c1-4-25(5-2)30(27,28)16-7-8-18(21)17(13-16)19(26)23-9-6-10-24(12-11-23)20-22-15(3)14-29-20/h7-8,13-14H,4-6,9-12H2,1-3H3. The van der Waals surface area contributed by atoms with Crippen molar-refractivity contribution in [1.82, 2.24) is 14.2 Å². The lowest BCUT2D eigenvalue weighted by Gasteiger charge is -2.23. The Morgan fingerprint density at radius 1 is 1.20 bits per heavy atom. The minimum Gasteiger partial charge on any atom is -0.346 e. The number of nitrogens with zero attached hydrogens (tertiary/aromatic N) is 4. The van der Waals surface area contributed by atoms with Crippen molar-refractivity contribution >= 4 is 44.0 Å². The van der Waals surface area contributed by atoms with E-state index in [0.29, 0.717) is 32.7 Å². The third-order valence-electron chi connectivity index (χ3n) is 5.17. The van der Waals surface area contributed by atoms with Crippen molar-refractivity contribution in [3.05, 3.63) is 39.9 Å². The summed E-state index contributed by atoms with van der Waals surface area (Å²) in [7, 11) is -3.67. The molecule has 0 spiro atoms. The van der Waals surface area contributed by atoms with Crippen LogP contribution >= 0.6 is 22.9 Å². The smallest absolute Gasteiger partial charge is 0.255 e. The first-order valence-corrected chi connectivity index (χ1v) is 12.7. The second-order valence-corrected chi connectivity index (χ2v) is 10.3. The molecule has 1 aromatic carbocycles. The normalized spacial score (nSPS) is 15.5. The van der Waals surface area contributed by atoms with Gasteiger partial charge in [-0.2, -0.15) is 4.31 Å². The van der Waals surface area contributed by atoms with Crippen LogP contribution in [0, 0.1) is 6.92 Å².